The van der Waals surface area contributed by atoms with Gasteiger partial charge in [-0.3, -0.25) is 0 Å². The zero-order valence-electron chi connectivity index (χ0n) is 11.3. The minimum absolute atomic E-state index is 0.0461. The van der Waals surface area contributed by atoms with E-state index in [-0.39, 0.29) is 23.2 Å². The van der Waals surface area contributed by atoms with Crippen LogP contribution < -0.4 is 4.72 Å². The normalized spacial score (nSPS) is 18.0. The lowest BCUT2D eigenvalue weighted by Gasteiger charge is -2.21. The molecule has 120 valence electrons. The Morgan fingerprint density at radius 1 is 1.29 bits per heavy atom. The van der Waals surface area contributed by atoms with Crippen LogP contribution in [0.1, 0.15) is 42.8 Å². The fourth-order valence-electron chi connectivity index (χ4n) is 2.42. The molecule has 0 aromatic carbocycles. The van der Waals surface area contributed by atoms with Crippen LogP contribution in [0.5, 0.6) is 0 Å². The first-order valence-electron chi connectivity index (χ1n) is 6.75. The van der Waals surface area contributed by atoms with Gasteiger partial charge in [0.1, 0.15) is 5.01 Å². The second kappa shape index (κ2) is 6.62. The number of halogens is 3. The van der Waals surface area contributed by atoms with Crippen LogP contribution in [-0.4, -0.2) is 19.2 Å². The number of sulfonamides is 1. The third kappa shape index (κ3) is 5.23. The van der Waals surface area contributed by atoms with Crippen LogP contribution in [0.2, 0.25) is 0 Å². The average molecular weight is 342 g/mol. The van der Waals surface area contributed by atoms with Crippen molar-refractivity contribution in [3.8, 4) is 0 Å². The standard InChI is InChI=1S/C12H17F3N2O2S2/c13-12(14,15)10-7-20-11(17-10)6-16-21(18,19)8-9-4-2-1-3-5-9/h7,9,16H,1-6,8H2. The minimum Gasteiger partial charge on any atom is -0.235 e. The smallest absolute Gasteiger partial charge is 0.235 e. The van der Waals surface area contributed by atoms with E-state index in [1.54, 1.807) is 0 Å². The van der Waals surface area contributed by atoms with E-state index < -0.39 is 21.9 Å². The molecule has 1 fully saturated rings. The Kier molecular flexibility index (Phi) is 5.26. The summed E-state index contributed by atoms with van der Waals surface area (Å²) in [6.07, 6.45) is 0.537. The van der Waals surface area contributed by atoms with E-state index in [1.807, 2.05) is 0 Å². The van der Waals surface area contributed by atoms with Crippen LogP contribution in [0.25, 0.3) is 0 Å². The van der Waals surface area contributed by atoms with Gasteiger partial charge >= 0.3 is 6.18 Å². The molecule has 1 aliphatic rings. The third-order valence-electron chi connectivity index (χ3n) is 3.47. The second-order valence-electron chi connectivity index (χ2n) is 5.23. The van der Waals surface area contributed by atoms with E-state index in [9.17, 15) is 21.6 Å². The molecule has 0 radical (unpaired) electrons. The predicted octanol–water partition coefficient (Wildman–Crippen LogP) is 3.16. The number of rotatable bonds is 5. The van der Waals surface area contributed by atoms with Crippen molar-refractivity contribution in [2.24, 2.45) is 5.92 Å². The van der Waals surface area contributed by atoms with Crippen LogP contribution in [0, 0.1) is 5.92 Å². The Morgan fingerprint density at radius 2 is 1.95 bits per heavy atom. The van der Waals surface area contributed by atoms with E-state index in [4.69, 9.17) is 0 Å². The summed E-state index contributed by atoms with van der Waals surface area (Å²) in [7, 11) is -3.47. The fraction of sp³-hybridized carbons (Fsp3) is 0.750. The number of alkyl halides is 3. The summed E-state index contributed by atoms with van der Waals surface area (Å²) >= 11 is 0.805. The van der Waals surface area contributed by atoms with Crippen molar-refractivity contribution < 1.29 is 21.6 Å². The van der Waals surface area contributed by atoms with E-state index in [2.05, 4.69) is 9.71 Å². The van der Waals surface area contributed by atoms with Gasteiger partial charge in [-0.1, -0.05) is 19.3 Å². The zero-order chi connectivity index (χ0) is 15.5. The van der Waals surface area contributed by atoms with Crippen LogP contribution in [0.4, 0.5) is 13.2 Å². The van der Waals surface area contributed by atoms with Gasteiger partial charge in [0.2, 0.25) is 10.0 Å². The quantitative estimate of drug-likeness (QED) is 0.894. The molecule has 2 rings (SSSR count). The van der Waals surface area contributed by atoms with Crippen LogP contribution in [0.15, 0.2) is 5.38 Å². The summed E-state index contributed by atoms with van der Waals surface area (Å²) in [5.41, 5.74) is -0.978. The molecule has 0 aliphatic heterocycles. The summed E-state index contributed by atoms with van der Waals surface area (Å²) in [5, 5.41) is 1.01. The molecular weight excluding hydrogens is 325 g/mol. The van der Waals surface area contributed by atoms with Crippen molar-refractivity contribution in [2.45, 2.75) is 44.8 Å². The van der Waals surface area contributed by atoms with Gasteiger partial charge in [0, 0.05) is 5.38 Å². The maximum absolute atomic E-state index is 12.4. The second-order valence-corrected chi connectivity index (χ2v) is 8.02. The van der Waals surface area contributed by atoms with Gasteiger partial charge in [0.05, 0.1) is 12.3 Å². The van der Waals surface area contributed by atoms with Crippen molar-refractivity contribution in [2.75, 3.05) is 5.75 Å². The summed E-state index contributed by atoms with van der Waals surface area (Å²) in [5.74, 6) is 0.197. The van der Waals surface area contributed by atoms with E-state index in [0.29, 0.717) is 0 Å². The molecule has 9 heteroatoms. The molecule has 1 heterocycles. The Hall–Kier alpha value is -0.670. The first kappa shape index (κ1) is 16.7. The molecule has 1 aromatic heterocycles. The lowest BCUT2D eigenvalue weighted by molar-refractivity contribution is -0.140. The van der Waals surface area contributed by atoms with Crippen molar-refractivity contribution in [1.82, 2.24) is 9.71 Å². The first-order chi connectivity index (χ1) is 9.76. The highest BCUT2D eigenvalue weighted by Crippen LogP contribution is 2.30. The maximum Gasteiger partial charge on any atom is 0.434 e. The Morgan fingerprint density at radius 3 is 2.52 bits per heavy atom. The molecule has 4 nitrogen and oxygen atoms in total. The Labute approximate surface area is 125 Å². The monoisotopic (exact) mass is 342 g/mol. The largest absolute Gasteiger partial charge is 0.434 e. The summed E-state index contributed by atoms with van der Waals surface area (Å²) in [4.78, 5) is 3.40. The van der Waals surface area contributed by atoms with Crippen LogP contribution >= 0.6 is 11.3 Å². The fourth-order valence-corrected chi connectivity index (χ4v) is 4.68. The third-order valence-corrected chi connectivity index (χ3v) is 5.81. The topological polar surface area (TPSA) is 59.1 Å². The minimum atomic E-state index is -4.49. The number of nitrogens with zero attached hydrogens (tertiary/aromatic N) is 1. The molecule has 0 amide bonds. The molecule has 1 N–H and O–H groups in total. The molecule has 0 bridgehead atoms. The van der Waals surface area contributed by atoms with Crippen molar-refractivity contribution in [1.29, 1.82) is 0 Å². The molecule has 21 heavy (non-hydrogen) atoms. The van der Waals surface area contributed by atoms with Crippen LogP contribution in [0.3, 0.4) is 0 Å². The molecule has 0 spiro atoms. The van der Waals surface area contributed by atoms with Crippen molar-refractivity contribution in [3.63, 3.8) is 0 Å². The molecule has 1 saturated carbocycles. The average Bonchev–Trinajstić information content (AvgIpc) is 2.86. The van der Waals surface area contributed by atoms with Gasteiger partial charge < -0.3 is 0 Å². The van der Waals surface area contributed by atoms with Crippen molar-refractivity contribution >= 4 is 21.4 Å². The van der Waals surface area contributed by atoms with E-state index in [1.165, 1.54) is 0 Å². The van der Waals surface area contributed by atoms with Crippen LogP contribution in [-0.2, 0) is 22.7 Å². The highest BCUT2D eigenvalue weighted by atomic mass is 32.2. The Bertz CT molecular complexity index is 563. The lowest BCUT2D eigenvalue weighted by Crippen LogP contribution is -2.30. The maximum atomic E-state index is 12.4. The van der Waals surface area contributed by atoms with E-state index in [0.717, 1.165) is 48.8 Å². The molecule has 1 aliphatic carbocycles. The Balaban J connectivity index is 1.87. The molecule has 0 saturated heterocycles. The van der Waals surface area contributed by atoms with Gasteiger partial charge in [-0.25, -0.2) is 18.1 Å². The first-order valence-corrected chi connectivity index (χ1v) is 9.28. The SMILES string of the molecule is O=S(=O)(CC1CCCCC1)NCc1nc(C(F)(F)F)cs1. The number of hydrogen-bond acceptors (Lipinski definition) is 4. The van der Waals surface area contributed by atoms with Gasteiger partial charge in [-0.05, 0) is 18.8 Å². The van der Waals surface area contributed by atoms with E-state index >= 15 is 0 Å². The highest BCUT2D eigenvalue weighted by Gasteiger charge is 2.33. The molecule has 1 aromatic rings. The lowest BCUT2D eigenvalue weighted by atomic mass is 9.91. The number of thiazole rings is 1. The number of hydrogen-bond donors (Lipinski definition) is 1. The summed E-state index contributed by atoms with van der Waals surface area (Å²) in [6.45, 7) is -0.185. The highest BCUT2D eigenvalue weighted by molar-refractivity contribution is 7.89. The zero-order valence-corrected chi connectivity index (χ0v) is 13.0. The molecular formula is C12H17F3N2O2S2. The predicted molar refractivity (Wildman–Crippen MR) is 74.3 cm³/mol. The van der Waals surface area contributed by atoms with Crippen molar-refractivity contribution in [3.05, 3.63) is 16.1 Å². The molecule has 0 unspecified atom stereocenters. The van der Waals surface area contributed by atoms with Gasteiger partial charge in [0.25, 0.3) is 0 Å². The number of nitrogens with one attached hydrogen (secondary N) is 1. The molecule has 0 atom stereocenters. The van der Waals surface area contributed by atoms with Gasteiger partial charge in [0.15, 0.2) is 5.69 Å². The van der Waals surface area contributed by atoms with Gasteiger partial charge in [-0.15, -0.1) is 11.3 Å². The summed E-state index contributed by atoms with van der Waals surface area (Å²) in [6, 6.07) is 0. The number of aromatic nitrogens is 1. The summed E-state index contributed by atoms with van der Waals surface area (Å²) < 4.78 is 63.3. The van der Waals surface area contributed by atoms with Gasteiger partial charge in [-0.2, -0.15) is 13.2 Å².